The average molecular weight is 420 g/mol. The molecular weight excluding hydrogens is 398 g/mol. The van der Waals surface area contributed by atoms with Gasteiger partial charge >= 0.3 is 0 Å². The summed E-state index contributed by atoms with van der Waals surface area (Å²) in [6.07, 6.45) is 2.39. The molecule has 0 spiro atoms. The number of halogens is 2. The molecule has 1 N–H and O–H groups in total. The molecule has 0 unspecified atom stereocenters. The molecule has 1 fully saturated rings. The van der Waals surface area contributed by atoms with Crippen molar-refractivity contribution in [3.63, 3.8) is 0 Å². The van der Waals surface area contributed by atoms with Crippen LogP contribution in [0.15, 0.2) is 23.7 Å². The molecule has 10 heteroatoms. The molecule has 3 aromatic heterocycles. The van der Waals surface area contributed by atoms with Crippen LogP contribution in [0, 0.1) is 6.92 Å². The van der Waals surface area contributed by atoms with Crippen LogP contribution in [-0.2, 0) is 13.7 Å². The van der Waals surface area contributed by atoms with Crippen LogP contribution in [0.2, 0.25) is 0 Å². The number of rotatable bonds is 6. The highest BCUT2D eigenvalue weighted by Gasteiger charge is 2.35. The number of nitrogens with zero attached hydrogens (tertiary/aromatic N) is 5. The molecule has 154 valence electrons. The third kappa shape index (κ3) is 5.06. The van der Waals surface area contributed by atoms with Crippen LogP contribution in [0.4, 0.5) is 14.6 Å². The maximum Gasteiger partial charge on any atom is 0.248 e. The predicted molar refractivity (Wildman–Crippen MR) is 106 cm³/mol. The van der Waals surface area contributed by atoms with Gasteiger partial charge in [-0.1, -0.05) is 5.21 Å². The van der Waals surface area contributed by atoms with E-state index in [-0.39, 0.29) is 25.5 Å². The molecule has 0 bridgehead atoms. The van der Waals surface area contributed by atoms with Crippen LogP contribution in [0.25, 0.3) is 10.7 Å². The number of aromatic nitrogens is 5. The second-order valence-corrected chi connectivity index (χ2v) is 8.17. The fraction of sp³-hybridized carbons (Fsp3) is 0.474. The van der Waals surface area contributed by atoms with Crippen LogP contribution >= 0.6 is 11.3 Å². The second-order valence-electron chi connectivity index (χ2n) is 7.31. The maximum absolute atomic E-state index is 13.4. The standard InChI is InChI=1S/C19H22F2N6OS/c1-12-11-29-18(22-12)16-7-15(28-10-14-9-27(2)26-25-14)8-17(24-16)23-13-3-5-19(20,21)6-4-13/h7-9,11,13H,3-6,10H2,1-2H3,(H,23,24). The van der Waals surface area contributed by atoms with Gasteiger partial charge in [0.2, 0.25) is 5.92 Å². The van der Waals surface area contributed by atoms with Crippen molar-refractivity contribution in [1.29, 1.82) is 0 Å². The number of pyridine rings is 1. The Labute approximate surface area is 171 Å². The van der Waals surface area contributed by atoms with E-state index in [1.807, 2.05) is 18.4 Å². The zero-order chi connectivity index (χ0) is 20.4. The van der Waals surface area contributed by atoms with E-state index in [4.69, 9.17) is 4.74 Å². The highest BCUT2D eigenvalue weighted by molar-refractivity contribution is 7.13. The smallest absolute Gasteiger partial charge is 0.248 e. The van der Waals surface area contributed by atoms with Crippen molar-refractivity contribution in [3.05, 3.63) is 35.1 Å². The summed E-state index contributed by atoms with van der Waals surface area (Å²) in [6, 6.07) is 3.57. The zero-order valence-electron chi connectivity index (χ0n) is 16.2. The van der Waals surface area contributed by atoms with Crippen molar-refractivity contribution in [3.8, 4) is 16.5 Å². The van der Waals surface area contributed by atoms with Gasteiger partial charge in [0.25, 0.3) is 0 Å². The summed E-state index contributed by atoms with van der Waals surface area (Å²) < 4.78 is 34.4. The van der Waals surface area contributed by atoms with E-state index in [1.165, 1.54) is 11.3 Å². The number of aryl methyl sites for hydroxylation is 2. The molecule has 0 aromatic carbocycles. The van der Waals surface area contributed by atoms with Gasteiger partial charge in [-0.25, -0.2) is 18.7 Å². The molecule has 0 amide bonds. The Morgan fingerprint density at radius 1 is 1.28 bits per heavy atom. The number of thiazole rings is 1. The lowest BCUT2D eigenvalue weighted by molar-refractivity contribution is -0.0361. The quantitative estimate of drug-likeness (QED) is 0.644. The second kappa shape index (κ2) is 8.02. The Hall–Kier alpha value is -2.62. The maximum atomic E-state index is 13.4. The van der Waals surface area contributed by atoms with Crippen LogP contribution in [-0.4, -0.2) is 36.9 Å². The monoisotopic (exact) mass is 420 g/mol. The normalized spacial score (nSPS) is 16.7. The number of ether oxygens (including phenoxy) is 1. The Morgan fingerprint density at radius 2 is 2.07 bits per heavy atom. The van der Waals surface area contributed by atoms with Gasteiger partial charge in [-0.2, -0.15) is 0 Å². The average Bonchev–Trinajstić information content (AvgIpc) is 3.30. The lowest BCUT2D eigenvalue weighted by atomic mass is 9.92. The third-order valence-corrected chi connectivity index (χ3v) is 5.73. The highest BCUT2D eigenvalue weighted by atomic mass is 32.1. The minimum absolute atomic E-state index is 0.0387. The first-order valence-corrected chi connectivity index (χ1v) is 10.3. The van der Waals surface area contributed by atoms with E-state index in [1.54, 1.807) is 24.0 Å². The van der Waals surface area contributed by atoms with E-state index < -0.39 is 5.92 Å². The number of hydrogen-bond acceptors (Lipinski definition) is 7. The Balaban J connectivity index is 1.54. The van der Waals surface area contributed by atoms with Crippen LogP contribution in [0.1, 0.15) is 37.1 Å². The fourth-order valence-corrected chi connectivity index (χ4v) is 4.01. The highest BCUT2D eigenvalue weighted by Crippen LogP contribution is 2.35. The number of anilines is 1. The van der Waals surface area contributed by atoms with Gasteiger partial charge in [0.05, 0.1) is 6.20 Å². The third-order valence-electron chi connectivity index (χ3n) is 4.74. The largest absolute Gasteiger partial charge is 0.487 e. The molecule has 4 rings (SSSR count). The summed E-state index contributed by atoms with van der Waals surface area (Å²) in [5.41, 5.74) is 2.31. The molecule has 7 nitrogen and oxygen atoms in total. The molecule has 3 heterocycles. The van der Waals surface area contributed by atoms with Crippen molar-refractivity contribution in [1.82, 2.24) is 25.0 Å². The Morgan fingerprint density at radius 3 is 2.72 bits per heavy atom. The van der Waals surface area contributed by atoms with Crippen LogP contribution in [0.3, 0.4) is 0 Å². The Kier molecular flexibility index (Phi) is 5.44. The number of hydrogen-bond donors (Lipinski definition) is 1. The van der Waals surface area contributed by atoms with Crippen molar-refractivity contribution in [2.45, 2.75) is 51.2 Å². The van der Waals surface area contributed by atoms with E-state index in [2.05, 4.69) is 25.6 Å². The van der Waals surface area contributed by atoms with Crippen LogP contribution in [0.5, 0.6) is 5.75 Å². The minimum atomic E-state index is -2.56. The molecule has 29 heavy (non-hydrogen) atoms. The van der Waals surface area contributed by atoms with E-state index >= 15 is 0 Å². The molecule has 1 saturated carbocycles. The minimum Gasteiger partial charge on any atom is -0.487 e. The van der Waals surface area contributed by atoms with Gasteiger partial charge in [0.1, 0.15) is 34.6 Å². The van der Waals surface area contributed by atoms with E-state index in [0.717, 1.165) is 10.7 Å². The fourth-order valence-electron chi connectivity index (χ4n) is 3.26. The SMILES string of the molecule is Cc1csc(-c2cc(OCc3cn(C)nn3)cc(NC3CCC(F)(F)CC3)n2)n1. The topological polar surface area (TPSA) is 77.8 Å². The molecule has 0 atom stereocenters. The first-order valence-electron chi connectivity index (χ1n) is 9.43. The van der Waals surface area contributed by atoms with E-state index in [0.29, 0.717) is 35.8 Å². The summed E-state index contributed by atoms with van der Waals surface area (Å²) >= 11 is 1.50. The van der Waals surface area contributed by atoms with Gasteiger partial charge < -0.3 is 10.1 Å². The summed E-state index contributed by atoms with van der Waals surface area (Å²) in [5, 5.41) is 14.0. The van der Waals surface area contributed by atoms with Gasteiger partial charge in [-0.3, -0.25) is 4.68 Å². The first-order chi connectivity index (χ1) is 13.9. The van der Waals surface area contributed by atoms with Gasteiger partial charge in [0, 0.05) is 49.1 Å². The number of nitrogens with one attached hydrogen (secondary N) is 1. The van der Waals surface area contributed by atoms with Crippen molar-refractivity contribution < 1.29 is 13.5 Å². The number of alkyl halides is 2. The van der Waals surface area contributed by atoms with Gasteiger partial charge in [-0.05, 0) is 19.8 Å². The molecule has 3 aromatic rings. The summed E-state index contributed by atoms with van der Waals surface area (Å²) in [7, 11) is 1.79. The molecule has 1 aliphatic carbocycles. The van der Waals surface area contributed by atoms with E-state index in [9.17, 15) is 8.78 Å². The Bertz CT molecular complexity index is 979. The summed E-state index contributed by atoms with van der Waals surface area (Å²) in [6.45, 7) is 2.19. The van der Waals surface area contributed by atoms with Crippen molar-refractivity contribution in [2.75, 3.05) is 5.32 Å². The van der Waals surface area contributed by atoms with Crippen molar-refractivity contribution in [2.24, 2.45) is 7.05 Å². The molecule has 1 aliphatic rings. The summed E-state index contributed by atoms with van der Waals surface area (Å²) in [4.78, 5) is 9.14. The molecule has 0 aliphatic heterocycles. The van der Waals surface area contributed by atoms with Crippen LogP contribution < -0.4 is 10.1 Å². The zero-order valence-corrected chi connectivity index (χ0v) is 17.0. The lowest BCUT2D eigenvalue weighted by Gasteiger charge is -2.29. The van der Waals surface area contributed by atoms with Gasteiger partial charge in [-0.15, -0.1) is 16.4 Å². The molecule has 0 saturated heterocycles. The van der Waals surface area contributed by atoms with Gasteiger partial charge in [0.15, 0.2) is 0 Å². The molecule has 0 radical (unpaired) electrons. The first kappa shape index (κ1) is 19.7. The lowest BCUT2D eigenvalue weighted by Crippen LogP contribution is -2.32. The van der Waals surface area contributed by atoms with Crippen molar-refractivity contribution >= 4 is 17.2 Å². The molecular formula is C19H22F2N6OS. The summed E-state index contributed by atoms with van der Waals surface area (Å²) in [5.74, 6) is -1.35. The predicted octanol–water partition coefficient (Wildman–Crippen LogP) is 4.21.